The average molecular weight is 464 g/mol. The summed E-state index contributed by atoms with van der Waals surface area (Å²) in [5.74, 6) is 0. The molecule has 0 saturated heterocycles. The van der Waals surface area contributed by atoms with Crippen LogP contribution in [0, 0.1) is 0 Å². The summed E-state index contributed by atoms with van der Waals surface area (Å²) in [7, 11) is -1.80. The minimum absolute atomic E-state index is 1.02. The first kappa shape index (κ1) is 20.4. The fraction of sp³-hybridized carbons (Fsp3) is 0.0606. The molecule has 0 saturated carbocycles. The Bertz CT molecular complexity index is 1750. The van der Waals surface area contributed by atoms with Gasteiger partial charge < -0.3 is 0 Å². The molecule has 7 rings (SSSR count). The molecule has 0 spiro atoms. The molecule has 0 amide bonds. The van der Waals surface area contributed by atoms with Gasteiger partial charge in [-0.05, 0) is 72.4 Å². The van der Waals surface area contributed by atoms with Crippen molar-refractivity contribution in [2.45, 2.75) is 13.1 Å². The summed E-state index contributed by atoms with van der Waals surface area (Å²) in [6, 6.07) is 39.9. The van der Waals surface area contributed by atoms with Gasteiger partial charge in [-0.2, -0.15) is 0 Å². The molecule has 166 valence electrons. The van der Waals surface area contributed by atoms with Crippen LogP contribution in [0.3, 0.4) is 0 Å². The van der Waals surface area contributed by atoms with Gasteiger partial charge >= 0.3 is 0 Å². The summed E-state index contributed by atoms with van der Waals surface area (Å²) in [4.78, 5) is 4.83. The third kappa shape index (κ3) is 2.90. The van der Waals surface area contributed by atoms with Crippen LogP contribution in [0.25, 0.3) is 55.1 Å². The van der Waals surface area contributed by atoms with Gasteiger partial charge in [-0.3, -0.25) is 4.98 Å². The second kappa shape index (κ2) is 7.49. The summed E-state index contributed by atoms with van der Waals surface area (Å²) in [6.07, 6.45) is 1.90. The lowest BCUT2D eigenvalue weighted by Gasteiger charge is -2.22. The van der Waals surface area contributed by atoms with E-state index in [4.69, 9.17) is 4.98 Å². The van der Waals surface area contributed by atoms with E-state index < -0.39 is 8.07 Å². The van der Waals surface area contributed by atoms with Crippen LogP contribution in [-0.4, -0.2) is 13.1 Å². The molecule has 35 heavy (non-hydrogen) atoms. The zero-order valence-corrected chi connectivity index (χ0v) is 20.9. The van der Waals surface area contributed by atoms with E-state index in [0.717, 1.165) is 5.69 Å². The first-order valence-electron chi connectivity index (χ1n) is 12.2. The van der Waals surface area contributed by atoms with Crippen LogP contribution in [0.2, 0.25) is 13.1 Å². The second-order valence-corrected chi connectivity index (χ2v) is 14.3. The third-order valence-corrected chi connectivity index (χ3v) is 11.3. The maximum absolute atomic E-state index is 4.83. The number of hydrogen-bond donors (Lipinski definition) is 0. The van der Waals surface area contributed by atoms with Crippen molar-refractivity contribution in [1.29, 1.82) is 0 Å². The fourth-order valence-electron chi connectivity index (χ4n) is 6.07. The van der Waals surface area contributed by atoms with Crippen molar-refractivity contribution < 1.29 is 0 Å². The number of fused-ring (bicyclic) bond motifs is 5. The Morgan fingerprint density at radius 2 is 1.17 bits per heavy atom. The maximum Gasteiger partial charge on any atom is 0.113 e. The molecule has 0 atom stereocenters. The van der Waals surface area contributed by atoms with Gasteiger partial charge in [0.05, 0.1) is 5.69 Å². The van der Waals surface area contributed by atoms with E-state index in [1.807, 2.05) is 12.3 Å². The van der Waals surface area contributed by atoms with Gasteiger partial charge in [0.2, 0.25) is 0 Å². The molecule has 1 nitrogen and oxygen atoms in total. The van der Waals surface area contributed by atoms with Crippen LogP contribution >= 0.6 is 0 Å². The zero-order valence-electron chi connectivity index (χ0n) is 19.9. The lowest BCUT2D eigenvalue weighted by Crippen LogP contribution is -2.49. The summed E-state index contributed by atoms with van der Waals surface area (Å²) < 4.78 is 0. The first-order valence-corrected chi connectivity index (χ1v) is 15.2. The Morgan fingerprint density at radius 1 is 0.514 bits per heavy atom. The van der Waals surface area contributed by atoms with Gasteiger partial charge in [0.1, 0.15) is 8.07 Å². The molecule has 1 aliphatic heterocycles. The van der Waals surface area contributed by atoms with Crippen molar-refractivity contribution in [2.24, 2.45) is 0 Å². The van der Waals surface area contributed by atoms with Crippen LogP contribution in [0.4, 0.5) is 0 Å². The molecule has 2 heteroatoms. The molecule has 0 N–H and O–H groups in total. The van der Waals surface area contributed by atoms with Crippen LogP contribution in [0.1, 0.15) is 0 Å². The maximum atomic E-state index is 4.83. The normalized spacial score (nSPS) is 13.7. The molecule has 1 aliphatic rings. The van der Waals surface area contributed by atoms with Gasteiger partial charge in [0.15, 0.2) is 0 Å². The summed E-state index contributed by atoms with van der Waals surface area (Å²) >= 11 is 0. The number of pyridine rings is 1. The van der Waals surface area contributed by atoms with E-state index >= 15 is 0 Å². The molecular weight excluding hydrogens is 438 g/mol. The zero-order chi connectivity index (χ0) is 23.6. The van der Waals surface area contributed by atoms with Gasteiger partial charge in [0.25, 0.3) is 0 Å². The van der Waals surface area contributed by atoms with Crippen LogP contribution in [-0.2, 0) is 0 Å². The van der Waals surface area contributed by atoms with Crippen LogP contribution in [0.15, 0.2) is 115 Å². The second-order valence-electron chi connectivity index (χ2n) is 9.99. The van der Waals surface area contributed by atoms with Crippen molar-refractivity contribution in [1.82, 2.24) is 4.98 Å². The minimum Gasteiger partial charge on any atom is -0.256 e. The molecule has 0 bridgehead atoms. The molecule has 5 aromatic carbocycles. The highest BCUT2D eigenvalue weighted by Crippen LogP contribution is 2.45. The molecule has 0 aliphatic carbocycles. The van der Waals surface area contributed by atoms with Crippen molar-refractivity contribution >= 4 is 40.0 Å². The van der Waals surface area contributed by atoms with Gasteiger partial charge in [-0.15, -0.1) is 0 Å². The third-order valence-electron chi connectivity index (χ3n) is 7.71. The standard InChI is InChI=1S/C33H25NSi/c1-35(2)30-18-9-8-14-23(30)26-20-27-28(21-31(26)35)32(22-12-4-3-5-13-22)24-15-6-7-16-25(24)33(27)29-17-10-11-19-34-29/h3-21H,1-2H3. The molecule has 0 fully saturated rings. The van der Waals surface area contributed by atoms with Crippen LogP contribution < -0.4 is 10.4 Å². The van der Waals surface area contributed by atoms with Gasteiger partial charge in [-0.1, -0.05) is 104 Å². The number of benzene rings is 5. The first-order chi connectivity index (χ1) is 17.1. The largest absolute Gasteiger partial charge is 0.256 e. The molecule has 1 aromatic heterocycles. The fourth-order valence-corrected chi connectivity index (χ4v) is 9.15. The Balaban J connectivity index is 1.72. The number of aromatic nitrogens is 1. The van der Waals surface area contributed by atoms with Crippen molar-refractivity contribution in [3.05, 3.63) is 115 Å². The number of nitrogens with zero attached hydrogens (tertiary/aromatic N) is 1. The average Bonchev–Trinajstić information content (AvgIpc) is 3.13. The highest BCUT2D eigenvalue weighted by atomic mass is 28.3. The van der Waals surface area contributed by atoms with Crippen molar-refractivity contribution in [2.75, 3.05) is 0 Å². The van der Waals surface area contributed by atoms with Crippen molar-refractivity contribution in [3.8, 4) is 33.5 Å². The van der Waals surface area contributed by atoms with E-state index in [2.05, 4.69) is 116 Å². The Kier molecular flexibility index (Phi) is 4.36. The predicted molar refractivity (Wildman–Crippen MR) is 152 cm³/mol. The van der Waals surface area contributed by atoms with Gasteiger partial charge in [0, 0.05) is 11.8 Å². The molecule has 2 heterocycles. The molecular formula is C33H25NSi. The Labute approximate surface area is 206 Å². The Morgan fingerprint density at radius 3 is 1.94 bits per heavy atom. The van der Waals surface area contributed by atoms with Gasteiger partial charge in [-0.25, -0.2) is 0 Å². The lowest BCUT2D eigenvalue weighted by molar-refractivity contribution is 1.34. The van der Waals surface area contributed by atoms with E-state index in [9.17, 15) is 0 Å². The Hall–Kier alpha value is -4.01. The van der Waals surface area contributed by atoms with E-state index in [1.54, 1.807) is 0 Å². The van der Waals surface area contributed by atoms with Crippen LogP contribution in [0.5, 0.6) is 0 Å². The SMILES string of the molecule is C[Si]1(C)c2ccccc2-c2cc3c(-c4ccccn4)c4ccccc4c(-c4ccccc4)c3cc21. The van der Waals surface area contributed by atoms with E-state index in [-0.39, 0.29) is 0 Å². The van der Waals surface area contributed by atoms with Crippen molar-refractivity contribution in [3.63, 3.8) is 0 Å². The smallest absolute Gasteiger partial charge is 0.113 e. The lowest BCUT2D eigenvalue weighted by atomic mass is 9.86. The number of rotatable bonds is 2. The summed E-state index contributed by atoms with van der Waals surface area (Å²) in [5.41, 5.74) is 7.63. The molecule has 6 aromatic rings. The quantitative estimate of drug-likeness (QED) is 0.191. The summed E-state index contributed by atoms with van der Waals surface area (Å²) in [6.45, 7) is 4.98. The highest BCUT2D eigenvalue weighted by Gasteiger charge is 2.38. The molecule has 0 unspecified atom stereocenters. The van der Waals surface area contributed by atoms with E-state index in [0.29, 0.717) is 0 Å². The topological polar surface area (TPSA) is 12.9 Å². The monoisotopic (exact) mass is 463 g/mol. The summed E-state index contributed by atoms with van der Waals surface area (Å²) in [5, 5.41) is 8.20. The molecule has 0 radical (unpaired) electrons. The minimum atomic E-state index is -1.80. The predicted octanol–water partition coefficient (Wildman–Crippen LogP) is 7.53. The number of hydrogen-bond acceptors (Lipinski definition) is 1. The van der Waals surface area contributed by atoms with E-state index in [1.165, 1.54) is 59.7 Å². The highest BCUT2D eigenvalue weighted by molar-refractivity contribution is 7.04.